The second-order valence-electron chi connectivity index (χ2n) is 8.24. The van der Waals surface area contributed by atoms with Crippen LogP contribution < -0.4 is 0 Å². The van der Waals surface area contributed by atoms with Crippen molar-refractivity contribution in [3.05, 3.63) is 29.3 Å². The largest absolute Gasteiger partial charge is 0.507 e. The Hall–Kier alpha value is -2.12. The molecular formula is C21H28N2O5. The zero-order valence-electron chi connectivity index (χ0n) is 16.4. The number of hydrogen-bond donors (Lipinski definition) is 1. The van der Waals surface area contributed by atoms with Gasteiger partial charge in [-0.15, -0.1) is 0 Å². The molecule has 0 aromatic heterocycles. The van der Waals surface area contributed by atoms with Gasteiger partial charge < -0.3 is 19.5 Å². The van der Waals surface area contributed by atoms with Crippen molar-refractivity contribution in [3.8, 4) is 5.75 Å². The summed E-state index contributed by atoms with van der Waals surface area (Å²) in [4.78, 5) is 29.4. The summed E-state index contributed by atoms with van der Waals surface area (Å²) in [7, 11) is 0. The molecule has 3 aliphatic rings. The molecule has 3 heterocycles. The fourth-order valence-corrected chi connectivity index (χ4v) is 4.55. The molecule has 1 N–H and O–H groups in total. The van der Waals surface area contributed by atoms with Gasteiger partial charge in [-0.3, -0.25) is 14.5 Å². The first-order valence-electron chi connectivity index (χ1n) is 10.1. The van der Waals surface area contributed by atoms with Gasteiger partial charge in [0.25, 0.3) is 5.91 Å². The van der Waals surface area contributed by atoms with E-state index in [4.69, 9.17) is 9.47 Å². The van der Waals surface area contributed by atoms with Gasteiger partial charge in [0.15, 0.2) is 0 Å². The highest BCUT2D eigenvalue weighted by Gasteiger charge is 2.51. The number of rotatable bonds is 3. The Labute approximate surface area is 165 Å². The predicted molar refractivity (Wildman–Crippen MR) is 102 cm³/mol. The second-order valence-corrected chi connectivity index (χ2v) is 8.24. The molecule has 3 saturated heterocycles. The molecule has 4 rings (SSSR count). The molecule has 7 heteroatoms. The summed E-state index contributed by atoms with van der Waals surface area (Å²) < 4.78 is 11.1. The van der Waals surface area contributed by atoms with E-state index < -0.39 is 5.41 Å². The number of cyclic esters (lactones) is 1. The molecule has 7 nitrogen and oxygen atoms in total. The summed E-state index contributed by atoms with van der Waals surface area (Å²) in [6.45, 7) is 6.86. The third kappa shape index (κ3) is 3.73. The molecule has 3 aliphatic heterocycles. The van der Waals surface area contributed by atoms with Crippen LogP contribution in [0.5, 0.6) is 5.75 Å². The molecule has 1 aromatic rings. The van der Waals surface area contributed by atoms with E-state index in [2.05, 4.69) is 4.90 Å². The van der Waals surface area contributed by atoms with Crippen LogP contribution in [0.3, 0.4) is 0 Å². The monoisotopic (exact) mass is 388 g/mol. The summed E-state index contributed by atoms with van der Waals surface area (Å²) in [6, 6.07) is 5.09. The second kappa shape index (κ2) is 7.72. The molecule has 1 amide bonds. The Morgan fingerprint density at radius 1 is 1.21 bits per heavy atom. The third-order valence-electron chi connectivity index (χ3n) is 6.28. The Bertz CT molecular complexity index is 751. The number of nitrogens with zero attached hydrogens (tertiary/aromatic N) is 2. The van der Waals surface area contributed by atoms with E-state index in [1.807, 2.05) is 13.0 Å². The van der Waals surface area contributed by atoms with E-state index in [1.165, 1.54) is 0 Å². The number of aromatic hydroxyl groups is 1. The van der Waals surface area contributed by atoms with Crippen LogP contribution in [-0.4, -0.2) is 78.8 Å². The number of likely N-dealkylation sites (tertiary alicyclic amines) is 1. The number of carbonyl (C=O) groups excluding carboxylic acids is 2. The molecule has 28 heavy (non-hydrogen) atoms. The normalized spacial score (nSPS) is 25.1. The lowest BCUT2D eigenvalue weighted by Gasteiger charge is -2.36. The quantitative estimate of drug-likeness (QED) is 0.792. The van der Waals surface area contributed by atoms with Crippen LogP contribution in [0.15, 0.2) is 18.2 Å². The fourth-order valence-electron chi connectivity index (χ4n) is 4.55. The number of esters is 1. The number of carbonyl (C=O) groups is 2. The average molecular weight is 388 g/mol. The van der Waals surface area contributed by atoms with E-state index in [1.54, 1.807) is 17.0 Å². The van der Waals surface area contributed by atoms with Crippen molar-refractivity contribution < 1.29 is 24.2 Å². The van der Waals surface area contributed by atoms with Gasteiger partial charge in [-0.25, -0.2) is 0 Å². The average Bonchev–Trinajstić information content (AvgIpc) is 2.97. The minimum atomic E-state index is -0.469. The number of hydrogen-bond acceptors (Lipinski definition) is 6. The van der Waals surface area contributed by atoms with Gasteiger partial charge in [-0.2, -0.15) is 0 Å². The van der Waals surface area contributed by atoms with Crippen LogP contribution in [0.4, 0.5) is 0 Å². The van der Waals surface area contributed by atoms with Crippen molar-refractivity contribution in [1.29, 1.82) is 0 Å². The Kier molecular flexibility index (Phi) is 5.29. The van der Waals surface area contributed by atoms with Gasteiger partial charge in [-0.05, 0) is 37.5 Å². The molecule has 0 radical (unpaired) electrons. The van der Waals surface area contributed by atoms with Crippen LogP contribution in [0.2, 0.25) is 0 Å². The zero-order valence-corrected chi connectivity index (χ0v) is 16.4. The van der Waals surface area contributed by atoms with Crippen LogP contribution in [-0.2, 0) is 14.3 Å². The minimum absolute atomic E-state index is 0.0103. The topological polar surface area (TPSA) is 79.3 Å². The van der Waals surface area contributed by atoms with Gasteiger partial charge in [0.1, 0.15) is 11.9 Å². The highest BCUT2D eigenvalue weighted by Crippen LogP contribution is 2.43. The molecule has 1 unspecified atom stereocenters. The minimum Gasteiger partial charge on any atom is -0.507 e. The third-order valence-corrected chi connectivity index (χ3v) is 6.28. The van der Waals surface area contributed by atoms with Crippen molar-refractivity contribution in [2.75, 3.05) is 45.9 Å². The van der Waals surface area contributed by atoms with Crippen molar-refractivity contribution in [2.24, 2.45) is 5.41 Å². The van der Waals surface area contributed by atoms with Gasteiger partial charge in [0, 0.05) is 39.1 Å². The smallest absolute Gasteiger partial charge is 0.312 e. The molecule has 0 aliphatic carbocycles. The number of ether oxygens (including phenoxy) is 2. The van der Waals surface area contributed by atoms with Crippen LogP contribution in [0.1, 0.15) is 35.2 Å². The van der Waals surface area contributed by atoms with Crippen LogP contribution >= 0.6 is 0 Å². The SMILES string of the molecule is Cc1ccc(C(=O)N2CCC3(CC2)CC(CN2CCOCC2)OC3=O)c(O)c1. The van der Waals surface area contributed by atoms with E-state index >= 15 is 0 Å². The highest BCUT2D eigenvalue weighted by atomic mass is 16.6. The van der Waals surface area contributed by atoms with Crippen molar-refractivity contribution in [2.45, 2.75) is 32.3 Å². The maximum atomic E-state index is 12.8. The highest BCUT2D eigenvalue weighted by molar-refractivity contribution is 5.97. The van der Waals surface area contributed by atoms with E-state index in [-0.39, 0.29) is 23.7 Å². The molecule has 1 spiro atoms. The maximum Gasteiger partial charge on any atom is 0.312 e. The van der Waals surface area contributed by atoms with E-state index in [0.29, 0.717) is 31.5 Å². The Morgan fingerprint density at radius 3 is 2.61 bits per heavy atom. The first-order valence-corrected chi connectivity index (χ1v) is 10.1. The number of piperidine rings is 1. The summed E-state index contributed by atoms with van der Waals surface area (Å²) in [6.07, 6.45) is 1.88. The van der Waals surface area contributed by atoms with Gasteiger partial charge >= 0.3 is 5.97 Å². The Morgan fingerprint density at radius 2 is 1.93 bits per heavy atom. The number of aryl methyl sites for hydroxylation is 1. The molecule has 0 saturated carbocycles. The summed E-state index contributed by atoms with van der Waals surface area (Å²) >= 11 is 0. The first kappa shape index (κ1) is 19.2. The fraction of sp³-hybridized carbons (Fsp3) is 0.619. The lowest BCUT2D eigenvalue weighted by Crippen LogP contribution is -2.45. The summed E-state index contributed by atoms with van der Waals surface area (Å²) in [5, 5.41) is 10.1. The zero-order chi connectivity index (χ0) is 19.7. The molecule has 0 bridgehead atoms. The Balaban J connectivity index is 1.36. The predicted octanol–water partition coefficient (Wildman–Crippen LogP) is 1.57. The number of morpholine rings is 1. The number of benzene rings is 1. The number of phenolic OH excluding ortho intramolecular Hbond substituents is 1. The summed E-state index contributed by atoms with van der Waals surface area (Å²) in [5.41, 5.74) is 0.760. The molecule has 1 atom stereocenters. The van der Waals surface area contributed by atoms with Crippen molar-refractivity contribution in [3.63, 3.8) is 0 Å². The molecule has 3 fully saturated rings. The van der Waals surface area contributed by atoms with Crippen molar-refractivity contribution in [1.82, 2.24) is 9.80 Å². The lowest BCUT2D eigenvalue weighted by atomic mass is 9.76. The van der Waals surface area contributed by atoms with Crippen LogP contribution in [0.25, 0.3) is 0 Å². The number of phenols is 1. The van der Waals surface area contributed by atoms with E-state index in [0.717, 1.165) is 44.8 Å². The van der Waals surface area contributed by atoms with E-state index in [9.17, 15) is 14.7 Å². The van der Waals surface area contributed by atoms with Gasteiger partial charge in [-0.1, -0.05) is 6.07 Å². The first-order chi connectivity index (χ1) is 13.5. The molecular weight excluding hydrogens is 360 g/mol. The lowest BCUT2D eigenvalue weighted by molar-refractivity contribution is -0.151. The van der Waals surface area contributed by atoms with Gasteiger partial charge in [0.2, 0.25) is 0 Å². The maximum absolute atomic E-state index is 12.8. The number of amides is 1. The summed E-state index contributed by atoms with van der Waals surface area (Å²) in [5.74, 6) is -0.282. The van der Waals surface area contributed by atoms with Gasteiger partial charge in [0.05, 0.1) is 24.2 Å². The molecule has 152 valence electrons. The van der Waals surface area contributed by atoms with Crippen LogP contribution in [0, 0.1) is 12.3 Å². The molecule has 1 aromatic carbocycles. The van der Waals surface area contributed by atoms with Crippen molar-refractivity contribution >= 4 is 11.9 Å². The standard InChI is InChI=1S/C21H28N2O5/c1-15-2-3-17(18(24)12-15)19(25)23-6-4-21(5-7-23)13-16(28-20(21)26)14-22-8-10-27-11-9-22/h2-3,12,16,24H,4-11,13-14H2,1H3.